The number of aryl methyl sites for hydroxylation is 2. The van der Waals surface area contributed by atoms with Crippen LogP contribution in [0.25, 0.3) is 0 Å². The maximum absolute atomic E-state index is 12.2. The first-order chi connectivity index (χ1) is 12.0. The van der Waals surface area contributed by atoms with Gasteiger partial charge in [0.25, 0.3) is 0 Å². The van der Waals surface area contributed by atoms with Gasteiger partial charge in [0.1, 0.15) is 5.82 Å². The molecule has 1 aliphatic heterocycles. The van der Waals surface area contributed by atoms with Crippen LogP contribution in [-0.2, 0) is 19.4 Å². The summed E-state index contributed by atoms with van der Waals surface area (Å²) in [6.07, 6.45) is 8.23. The molecule has 2 amide bonds. The molecule has 3 N–H and O–H groups in total. The summed E-state index contributed by atoms with van der Waals surface area (Å²) in [6, 6.07) is -0.154. The third-order valence-electron chi connectivity index (χ3n) is 5.64. The van der Waals surface area contributed by atoms with Gasteiger partial charge >= 0.3 is 6.03 Å². The third-order valence-corrected chi connectivity index (χ3v) is 5.64. The Morgan fingerprint density at radius 3 is 2.80 bits per heavy atom. The lowest BCUT2D eigenvalue weighted by Crippen LogP contribution is -2.52. The van der Waals surface area contributed by atoms with Gasteiger partial charge in [0.2, 0.25) is 0 Å². The van der Waals surface area contributed by atoms with E-state index in [1.54, 1.807) is 0 Å². The minimum absolute atomic E-state index is 0.0542. The number of nitrogens with zero attached hydrogens (tertiary/aromatic N) is 3. The van der Waals surface area contributed by atoms with Crippen LogP contribution in [-0.4, -0.2) is 44.1 Å². The van der Waals surface area contributed by atoms with Gasteiger partial charge in [-0.25, -0.2) is 14.5 Å². The van der Waals surface area contributed by atoms with E-state index in [-0.39, 0.29) is 18.0 Å². The first-order valence-corrected chi connectivity index (χ1v) is 9.67. The van der Waals surface area contributed by atoms with Crippen molar-refractivity contribution in [1.29, 1.82) is 0 Å². The van der Waals surface area contributed by atoms with Crippen LogP contribution in [0.5, 0.6) is 0 Å². The molecule has 3 rings (SSSR count). The Kier molecular flexibility index (Phi) is 5.61. The van der Waals surface area contributed by atoms with Gasteiger partial charge in [0, 0.05) is 19.4 Å². The number of amides is 2. The number of nitrogens with one attached hydrogen (secondary N) is 2. The standard InChI is InChI=1S/C18H31N5O2/c1-3-15-21-16-10-9-14(11-23(16)22-15)20-17(24)19-12-18(2,25)13-7-5-4-6-8-13/h13-14,25H,3-12H2,1-2H3,(H2,19,20,24)/t14-,18+/m1/s1. The Morgan fingerprint density at radius 2 is 2.08 bits per heavy atom. The molecule has 2 atom stereocenters. The van der Waals surface area contributed by atoms with Crippen LogP contribution in [0, 0.1) is 5.92 Å². The summed E-state index contributed by atoms with van der Waals surface area (Å²) in [6.45, 7) is 4.85. The van der Waals surface area contributed by atoms with E-state index in [0.29, 0.717) is 13.1 Å². The maximum atomic E-state index is 12.2. The van der Waals surface area contributed by atoms with Crippen molar-refractivity contribution in [2.75, 3.05) is 6.54 Å². The van der Waals surface area contributed by atoms with Crippen LogP contribution in [0.2, 0.25) is 0 Å². The van der Waals surface area contributed by atoms with Crippen molar-refractivity contribution in [3.8, 4) is 0 Å². The summed E-state index contributed by atoms with van der Waals surface area (Å²) in [5.41, 5.74) is -0.834. The molecule has 1 fully saturated rings. The predicted molar refractivity (Wildman–Crippen MR) is 95.2 cm³/mol. The zero-order valence-corrected chi connectivity index (χ0v) is 15.4. The number of carbonyl (C=O) groups excluding carboxylic acids is 1. The minimum Gasteiger partial charge on any atom is -0.388 e. The van der Waals surface area contributed by atoms with Crippen molar-refractivity contribution in [3.63, 3.8) is 0 Å². The highest BCUT2D eigenvalue weighted by Crippen LogP contribution is 2.32. The molecular formula is C18H31N5O2. The van der Waals surface area contributed by atoms with Crippen molar-refractivity contribution in [3.05, 3.63) is 11.6 Å². The molecule has 0 radical (unpaired) electrons. The van der Waals surface area contributed by atoms with E-state index >= 15 is 0 Å². The van der Waals surface area contributed by atoms with E-state index in [2.05, 4.69) is 20.7 Å². The zero-order chi connectivity index (χ0) is 17.9. The highest BCUT2D eigenvalue weighted by molar-refractivity contribution is 5.74. The van der Waals surface area contributed by atoms with E-state index in [9.17, 15) is 9.90 Å². The van der Waals surface area contributed by atoms with Gasteiger partial charge in [0.05, 0.1) is 18.2 Å². The fourth-order valence-electron chi connectivity index (χ4n) is 3.99. The average Bonchev–Trinajstić information content (AvgIpc) is 3.03. The SMILES string of the molecule is CCc1nc2n(n1)C[C@H](NC(=O)NC[C@](C)(O)C1CCCCC1)CC2. The maximum Gasteiger partial charge on any atom is 0.315 e. The van der Waals surface area contributed by atoms with Gasteiger partial charge < -0.3 is 15.7 Å². The normalized spacial score (nSPS) is 23.6. The van der Waals surface area contributed by atoms with Gasteiger partial charge in [0.15, 0.2) is 5.82 Å². The second kappa shape index (κ2) is 7.72. The molecule has 7 heteroatoms. The van der Waals surface area contributed by atoms with Gasteiger partial charge in [-0.05, 0) is 32.1 Å². The van der Waals surface area contributed by atoms with E-state index in [1.807, 2.05) is 18.5 Å². The number of carbonyl (C=O) groups is 1. The number of hydrogen-bond acceptors (Lipinski definition) is 4. The Labute approximate surface area is 149 Å². The number of fused-ring (bicyclic) bond motifs is 1. The summed E-state index contributed by atoms with van der Waals surface area (Å²) in [4.78, 5) is 16.7. The van der Waals surface area contributed by atoms with E-state index in [0.717, 1.165) is 43.8 Å². The monoisotopic (exact) mass is 349 g/mol. The molecule has 0 saturated heterocycles. The van der Waals surface area contributed by atoms with Crippen molar-refractivity contribution in [2.24, 2.45) is 5.92 Å². The number of hydrogen-bond donors (Lipinski definition) is 3. The Morgan fingerprint density at radius 1 is 1.32 bits per heavy atom. The molecule has 0 bridgehead atoms. The molecule has 1 aliphatic carbocycles. The number of urea groups is 1. The fourth-order valence-corrected chi connectivity index (χ4v) is 3.99. The zero-order valence-electron chi connectivity index (χ0n) is 15.4. The summed E-state index contributed by atoms with van der Waals surface area (Å²) < 4.78 is 1.91. The molecule has 1 aromatic rings. The number of aromatic nitrogens is 3. The van der Waals surface area contributed by atoms with E-state index < -0.39 is 5.60 Å². The number of rotatable bonds is 5. The van der Waals surface area contributed by atoms with Crippen molar-refractivity contribution in [2.45, 2.75) is 83.4 Å². The van der Waals surface area contributed by atoms with Crippen LogP contribution in [0.15, 0.2) is 0 Å². The van der Waals surface area contributed by atoms with Crippen LogP contribution in [0.1, 0.15) is 64.0 Å². The van der Waals surface area contributed by atoms with Gasteiger partial charge in [-0.1, -0.05) is 26.2 Å². The lowest BCUT2D eigenvalue weighted by Gasteiger charge is -2.35. The highest BCUT2D eigenvalue weighted by Gasteiger charge is 2.33. The average molecular weight is 349 g/mol. The van der Waals surface area contributed by atoms with Crippen molar-refractivity contribution >= 4 is 6.03 Å². The van der Waals surface area contributed by atoms with Crippen LogP contribution in [0.4, 0.5) is 4.79 Å². The van der Waals surface area contributed by atoms with Gasteiger partial charge in [-0.3, -0.25) is 0 Å². The number of aliphatic hydroxyl groups is 1. The van der Waals surface area contributed by atoms with Crippen LogP contribution >= 0.6 is 0 Å². The van der Waals surface area contributed by atoms with E-state index in [1.165, 1.54) is 19.3 Å². The minimum atomic E-state index is -0.834. The first kappa shape index (κ1) is 18.2. The Bertz CT molecular complexity index is 592. The lowest BCUT2D eigenvalue weighted by molar-refractivity contribution is -0.0131. The fraction of sp³-hybridized carbons (Fsp3) is 0.833. The molecule has 0 aromatic carbocycles. The molecule has 140 valence electrons. The highest BCUT2D eigenvalue weighted by atomic mass is 16.3. The second-order valence-corrected chi connectivity index (χ2v) is 7.73. The third kappa shape index (κ3) is 4.51. The summed E-state index contributed by atoms with van der Waals surface area (Å²) in [7, 11) is 0. The summed E-state index contributed by atoms with van der Waals surface area (Å²) in [5.74, 6) is 2.15. The summed E-state index contributed by atoms with van der Waals surface area (Å²) in [5, 5.41) is 21.0. The molecule has 2 heterocycles. The van der Waals surface area contributed by atoms with Gasteiger partial charge in [-0.15, -0.1) is 0 Å². The Balaban J connectivity index is 1.46. The molecule has 2 aliphatic rings. The molecular weight excluding hydrogens is 318 g/mol. The van der Waals surface area contributed by atoms with Gasteiger partial charge in [-0.2, -0.15) is 5.10 Å². The van der Waals surface area contributed by atoms with Crippen LogP contribution in [0.3, 0.4) is 0 Å². The molecule has 0 spiro atoms. The van der Waals surface area contributed by atoms with Crippen molar-refractivity contribution < 1.29 is 9.90 Å². The van der Waals surface area contributed by atoms with Crippen LogP contribution < -0.4 is 10.6 Å². The quantitative estimate of drug-likeness (QED) is 0.756. The molecule has 1 saturated carbocycles. The predicted octanol–water partition coefficient (Wildman–Crippen LogP) is 1.79. The molecule has 25 heavy (non-hydrogen) atoms. The van der Waals surface area contributed by atoms with Crippen molar-refractivity contribution in [1.82, 2.24) is 25.4 Å². The molecule has 7 nitrogen and oxygen atoms in total. The second-order valence-electron chi connectivity index (χ2n) is 7.73. The largest absolute Gasteiger partial charge is 0.388 e. The van der Waals surface area contributed by atoms with E-state index in [4.69, 9.17) is 0 Å². The Hall–Kier alpha value is -1.63. The lowest BCUT2D eigenvalue weighted by atomic mass is 9.78. The smallest absolute Gasteiger partial charge is 0.315 e. The summed E-state index contributed by atoms with van der Waals surface area (Å²) >= 11 is 0. The first-order valence-electron chi connectivity index (χ1n) is 9.67. The molecule has 1 aromatic heterocycles. The molecule has 0 unspecified atom stereocenters. The topological polar surface area (TPSA) is 92.1 Å².